The van der Waals surface area contributed by atoms with Gasteiger partial charge in [0.1, 0.15) is 0 Å². The molecule has 3 aromatic rings. The summed E-state index contributed by atoms with van der Waals surface area (Å²) in [7, 11) is 0. The molecule has 0 radical (unpaired) electrons. The highest BCUT2D eigenvalue weighted by Gasteiger charge is 2.12. The molecule has 0 fully saturated rings. The van der Waals surface area contributed by atoms with E-state index in [1.54, 1.807) is 55.5 Å². The third-order valence-corrected chi connectivity index (χ3v) is 4.05. The van der Waals surface area contributed by atoms with Gasteiger partial charge >= 0.3 is 5.97 Å². The lowest BCUT2D eigenvalue weighted by atomic mass is 10.2. The average molecular weight is 400 g/mol. The number of halogens is 1. The first-order chi connectivity index (χ1) is 13.5. The number of hydrogen-bond acceptors (Lipinski definition) is 6. The van der Waals surface area contributed by atoms with E-state index in [1.165, 1.54) is 0 Å². The van der Waals surface area contributed by atoms with Gasteiger partial charge in [0.2, 0.25) is 17.6 Å². The number of amides is 1. The molecule has 28 heavy (non-hydrogen) atoms. The van der Waals surface area contributed by atoms with Gasteiger partial charge in [0, 0.05) is 29.1 Å². The van der Waals surface area contributed by atoms with E-state index in [9.17, 15) is 9.59 Å². The van der Waals surface area contributed by atoms with Gasteiger partial charge in [-0.05, 0) is 49.4 Å². The molecule has 1 amide bonds. The van der Waals surface area contributed by atoms with E-state index >= 15 is 0 Å². The van der Waals surface area contributed by atoms with Crippen molar-refractivity contribution in [2.75, 3.05) is 11.9 Å². The maximum Gasteiger partial charge on any atom is 0.338 e. The molecule has 2 aromatic carbocycles. The van der Waals surface area contributed by atoms with E-state index in [4.69, 9.17) is 20.9 Å². The SMILES string of the molecule is CCOC(=O)c1cccc(NC(=O)CCc2nc(-c3ccc(Cl)cc3)no2)c1. The Balaban J connectivity index is 1.56. The van der Waals surface area contributed by atoms with Gasteiger partial charge in [-0.3, -0.25) is 4.79 Å². The zero-order valence-electron chi connectivity index (χ0n) is 15.1. The Morgan fingerprint density at radius 2 is 1.96 bits per heavy atom. The average Bonchev–Trinajstić information content (AvgIpc) is 3.16. The fraction of sp³-hybridized carbons (Fsp3) is 0.200. The molecule has 0 aliphatic rings. The Morgan fingerprint density at radius 1 is 1.18 bits per heavy atom. The molecule has 0 atom stereocenters. The Labute approximate surface area is 166 Å². The van der Waals surface area contributed by atoms with Crippen LogP contribution in [0.4, 0.5) is 5.69 Å². The predicted octanol–water partition coefficient (Wildman–Crippen LogP) is 4.14. The summed E-state index contributed by atoms with van der Waals surface area (Å²) in [6, 6.07) is 13.6. The monoisotopic (exact) mass is 399 g/mol. The zero-order valence-corrected chi connectivity index (χ0v) is 15.9. The molecule has 0 aliphatic heterocycles. The molecule has 3 rings (SSSR count). The van der Waals surface area contributed by atoms with Crippen LogP contribution in [-0.4, -0.2) is 28.6 Å². The molecule has 144 valence electrons. The molecule has 0 unspecified atom stereocenters. The Morgan fingerprint density at radius 3 is 2.71 bits per heavy atom. The minimum Gasteiger partial charge on any atom is -0.462 e. The first-order valence-corrected chi connectivity index (χ1v) is 9.08. The summed E-state index contributed by atoms with van der Waals surface area (Å²) in [5.74, 6) is 0.140. The Hall–Kier alpha value is -3.19. The number of carbonyl (C=O) groups excluding carboxylic acids is 2. The van der Waals surface area contributed by atoms with Gasteiger partial charge in [-0.15, -0.1) is 0 Å². The Bertz CT molecular complexity index is 970. The van der Waals surface area contributed by atoms with Crippen molar-refractivity contribution in [3.05, 3.63) is 65.0 Å². The number of aryl methyl sites for hydroxylation is 1. The third-order valence-electron chi connectivity index (χ3n) is 3.79. The quantitative estimate of drug-likeness (QED) is 0.600. The van der Waals surface area contributed by atoms with Gasteiger partial charge in [0.25, 0.3) is 0 Å². The molecule has 0 aliphatic carbocycles. The van der Waals surface area contributed by atoms with Gasteiger partial charge in [-0.2, -0.15) is 4.98 Å². The summed E-state index contributed by atoms with van der Waals surface area (Å²) in [4.78, 5) is 28.2. The molecule has 1 aromatic heterocycles. The lowest BCUT2D eigenvalue weighted by Crippen LogP contribution is -2.13. The first kappa shape index (κ1) is 19.6. The van der Waals surface area contributed by atoms with E-state index in [0.717, 1.165) is 5.56 Å². The minimum absolute atomic E-state index is 0.159. The van der Waals surface area contributed by atoms with Crippen molar-refractivity contribution in [2.24, 2.45) is 0 Å². The second-order valence-electron chi connectivity index (χ2n) is 5.87. The number of nitrogens with one attached hydrogen (secondary N) is 1. The maximum absolute atomic E-state index is 12.2. The molecule has 1 heterocycles. The topological polar surface area (TPSA) is 94.3 Å². The minimum atomic E-state index is -0.431. The van der Waals surface area contributed by atoms with Crippen LogP contribution in [0.15, 0.2) is 53.1 Å². The molecule has 0 saturated carbocycles. The normalized spacial score (nSPS) is 10.5. The molecule has 8 heteroatoms. The lowest BCUT2D eigenvalue weighted by molar-refractivity contribution is -0.116. The molecule has 7 nitrogen and oxygen atoms in total. The van der Waals surface area contributed by atoms with E-state index < -0.39 is 5.97 Å². The van der Waals surface area contributed by atoms with Crippen molar-refractivity contribution in [3.8, 4) is 11.4 Å². The summed E-state index contributed by atoms with van der Waals surface area (Å²) < 4.78 is 10.1. The summed E-state index contributed by atoms with van der Waals surface area (Å²) in [5, 5.41) is 7.28. The van der Waals surface area contributed by atoms with Gasteiger partial charge in [0.05, 0.1) is 12.2 Å². The van der Waals surface area contributed by atoms with E-state index in [1.807, 2.05) is 0 Å². The van der Waals surface area contributed by atoms with Crippen molar-refractivity contribution in [1.29, 1.82) is 0 Å². The first-order valence-electron chi connectivity index (χ1n) is 8.70. The highest BCUT2D eigenvalue weighted by atomic mass is 35.5. The molecule has 0 spiro atoms. The van der Waals surface area contributed by atoms with E-state index in [2.05, 4.69) is 15.5 Å². The van der Waals surface area contributed by atoms with E-state index in [-0.39, 0.29) is 18.9 Å². The fourth-order valence-electron chi connectivity index (χ4n) is 2.45. The summed E-state index contributed by atoms with van der Waals surface area (Å²) in [5.41, 5.74) is 1.67. The number of ether oxygens (including phenoxy) is 1. The number of nitrogens with zero attached hydrogens (tertiary/aromatic N) is 2. The molecular formula is C20H18ClN3O4. The predicted molar refractivity (Wildman–Crippen MR) is 104 cm³/mol. The molecule has 1 N–H and O–H groups in total. The van der Waals surface area contributed by atoms with Crippen LogP contribution in [0.3, 0.4) is 0 Å². The number of benzene rings is 2. The number of carbonyl (C=O) groups is 2. The number of aromatic nitrogens is 2. The van der Waals surface area contributed by atoms with Gasteiger partial charge < -0.3 is 14.6 Å². The van der Waals surface area contributed by atoms with Crippen LogP contribution in [0.1, 0.15) is 29.6 Å². The van der Waals surface area contributed by atoms with Crippen LogP contribution in [0.5, 0.6) is 0 Å². The van der Waals surface area contributed by atoms with Crippen molar-refractivity contribution >= 4 is 29.2 Å². The third kappa shape index (κ3) is 5.17. The smallest absolute Gasteiger partial charge is 0.338 e. The van der Waals surface area contributed by atoms with Crippen LogP contribution in [0, 0.1) is 0 Å². The standard InChI is InChI=1S/C20H18ClN3O4/c1-2-27-20(26)14-4-3-5-16(12-14)22-17(25)10-11-18-23-19(24-28-18)13-6-8-15(21)9-7-13/h3-9,12H,2,10-11H2,1H3,(H,22,25). The Kier molecular flexibility index (Phi) is 6.39. The lowest BCUT2D eigenvalue weighted by Gasteiger charge is -2.06. The second kappa shape index (κ2) is 9.14. The van der Waals surface area contributed by atoms with Crippen LogP contribution in [0.25, 0.3) is 11.4 Å². The maximum atomic E-state index is 12.2. The van der Waals surface area contributed by atoms with Crippen molar-refractivity contribution < 1.29 is 18.8 Å². The summed E-state index contributed by atoms with van der Waals surface area (Å²) >= 11 is 5.86. The number of esters is 1. The van der Waals surface area contributed by atoms with E-state index in [0.29, 0.717) is 34.4 Å². The summed E-state index contributed by atoms with van der Waals surface area (Å²) in [6.07, 6.45) is 0.454. The second-order valence-corrected chi connectivity index (χ2v) is 6.30. The van der Waals surface area contributed by atoms with Crippen LogP contribution in [0.2, 0.25) is 5.02 Å². The van der Waals surface area contributed by atoms with Gasteiger partial charge in [-0.1, -0.05) is 22.8 Å². The number of rotatable bonds is 7. The largest absolute Gasteiger partial charge is 0.462 e. The van der Waals surface area contributed by atoms with Crippen LogP contribution >= 0.6 is 11.6 Å². The van der Waals surface area contributed by atoms with Crippen molar-refractivity contribution in [3.63, 3.8) is 0 Å². The van der Waals surface area contributed by atoms with Crippen LogP contribution in [-0.2, 0) is 16.0 Å². The zero-order chi connectivity index (χ0) is 19.9. The van der Waals surface area contributed by atoms with Gasteiger partial charge in [0.15, 0.2) is 0 Å². The number of anilines is 1. The highest BCUT2D eigenvalue weighted by Crippen LogP contribution is 2.19. The molecular weight excluding hydrogens is 382 g/mol. The van der Waals surface area contributed by atoms with Crippen LogP contribution < -0.4 is 5.32 Å². The number of hydrogen-bond donors (Lipinski definition) is 1. The van der Waals surface area contributed by atoms with Crippen molar-refractivity contribution in [1.82, 2.24) is 10.1 Å². The molecule has 0 bridgehead atoms. The summed E-state index contributed by atoms with van der Waals surface area (Å²) in [6.45, 7) is 2.02. The highest BCUT2D eigenvalue weighted by molar-refractivity contribution is 6.30. The van der Waals surface area contributed by atoms with Gasteiger partial charge in [-0.25, -0.2) is 4.79 Å². The molecule has 0 saturated heterocycles. The fourth-order valence-corrected chi connectivity index (χ4v) is 2.58. The van der Waals surface area contributed by atoms with Crippen molar-refractivity contribution in [2.45, 2.75) is 19.8 Å².